The quantitative estimate of drug-likeness (QED) is 0.662. The molecule has 0 aliphatic carbocycles. The van der Waals surface area contributed by atoms with Crippen molar-refractivity contribution >= 4 is 17.4 Å². The SMILES string of the molecule is COc1cc2ncc(-c3ccnc(NC4CCNC4)n3)n2nc1N1CC(F)(F)C1. The van der Waals surface area contributed by atoms with Gasteiger partial charge in [0.15, 0.2) is 17.2 Å². The van der Waals surface area contributed by atoms with E-state index in [1.54, 1.807) is 29.0 Å². The number of nitrogens with one attached hydrogen (secondary N) is 2. The van der Waals surface area contributed by atoms with Crippen LogP contribution < -0.4 is 20.3 Å². The summed E-state index contributed by atoms with van der Waals surface area (Å²) in [6.45, 7) is 1.06. The van der Waals surface area contributed by atoms with Gasteiger partial charge in [0.1, 0.15) is 5.69 Å². The number of aromatic nitrogens is 5. The predicted octanol–water partition coefficient (Wildman–Crippen LogP) is 1.42. The van der Waals surface area contributed by atoms with Gasteiger partial charge in [0, 0.05) is 24.8 Å². The van der Waals surface area contributed by atoms with Crippen LogP contribution in [0.15, 0.2) is 24.5 Å². The second-order valence-electron chi connectivity index (χ2n) is 7.26. The Kier molecular flexibility index (Phi) is 4.19. The summed E-state index contributed by atoms with van der Waals surface area (Å²) < 4.78 is 33.7. The lowest BCUT2D eigenvalue weighted by Gasteiger charge is -2.39. The fraction of sp³-hybridized carbons (Fsp3) is 0.444. The van der Waals surface area contributed by atoms with Crippen LogP contribution in [0.4, 0.5) is 20.5 Å². The highest BCUT2D eigenvalue weighted by Crippen LogP contribution is 2.36. The van der Waals surface area contributed by atoms with Crippen molar-refractivity contribution in [2.75, 3.05) is 43.5 Å². The summed E-state index contributed by atoms with van der Waals surface area (Å²) >= 11 is 0. The van der Waals surface area contributed by atoms with Crippen molar-refractivity contribution in [3.63, 3.8) is 0 Å². The predicted molar refractivity (Wildman–Crippen MR) is 103 cm³/mol. The highest BCUT2D eigenvalue weighted by Gasteiger charge is 2.45. The molecule has 1 atom stereocenters. The van der Waals surface area contributed by atoms with E-state index >= 15 is 0 Å². The van der Waals surface area contributed by atoms with E-state index in [0.717, 1.165) is 19.5 Å². The summed E-state index contributed by atoms with van der Waals surface area (Å²) in [6, 6.07) is 3.74. The topological polar surface area (TPSA) is 92.5 Å². The number of ether oxygens (including phenoxy) is 1. The largest absolute Gasteiger partial charge is 0.493 e. The maximum atomic E-state index is 13.4. The van der Waals surface area contributed by atoms with E-state index in [1.807, 2.05) is 0 Å². The van der Waals surface area contributed by atoms with Crippen molar-refractivity contribution in [2.24, 2.45) is 0 Å². The van der Waals surface area contributed by atoms with Crippen molar-refractivity contribution in [1.29, 1.82) is 0 Å². The molecule has 5 rings (SSSR count). The van der Waals surface area contributed by atoms with E-state index in [4.69, 9.17) is 4.74 Å². The molecule has 9 nitrogen and oxygen atoms in total. The molecule has 0 spiro atoms. The Labute approximate surface area is 165 Å². The third kappa shape index (κ3) is 3.31. The van der Waals surface area contributed by atoms with Crippen LogP contribution in [-0.4, -0.2) is 69.8 Å². The van der Waals surface area contributed by atoms with Crippen molar-refractivity contribution in [3.8, 4) is 17.1 Å². The molecule has 0 bridgehead atoms. The van der Waals surface area contributed by atoms with Crippen LogP contribution in [0, 0.1) is 0 Å². The second-order valence-corrected chi connectivity index (χ2v) is 7.26. The average molecular weight is 402 g/mol. The summed E-state index contributed by atoms with van der Waals surface area (Å²) in [5, 5.41) is 11.1. The smallest absolute Gasteiger partial charge is 0.282 e. The van der Waals surface area contributed by atoms with Gasteiger partial charge in [0.25, 0.3) is 5.92 Å². The molecule has 11 heteroatoms. The number of hydrogen-bond donors (Lipinski definition) is 2. The molecule has 0 amide bonds. The molecule has 2 fully saturated rings. The van der Waals surface area contributed by atoms with Crippen LogP contribution in [0.25, 0.3) is 17.0 Å². The standard InChI is InChI=1S/C18H20F2N8O/c1-29-14-6-15-23-8-13(28(15)26-16(14)27-9-18(19,20)10-27)12-3-5-22-17(25-12)24-11-2-4-21-7-11/h3,5-6,8,11,21H,2,4,7,9-10H2,1H3,(H,22,24,25). The Bertz CT molecular complexity index is 1040. The van der Waals surface area contributed by atoms with Gasteiger partial charge >= 0.3 is 0 Å². The Morgan fingerprint density at radius 3 is 2.90 bits per heavy atom. The van der Waals surface area contributed by atoms with Crippen molar-refractivity contribution in [1.82, 2.24) is 29.9 Å². The zero-order valence-electron chi connectivity index (χ0n) is 15.8. The van der Waals surface area contributed by atoms with E-state index in [9.17, 15) is 8.78 Å². The molecule has 5 heterocycles. The molecular weight excluding hydrogens is 382 g/mol. The summed E-state index contributed by atoms with van der Waals surface area (Å²) in [7, 11) is 1.49. The first-order chi connectivity index (χ1) is 14.0. The van der Waals surface area contributed by atoms with Gasteiger partial charge < -0.3 is 20.3 Å². The van der Waals surface area contributed by atoms with E-state index < -0.39 is 5.92 Å². The van der Waals surface area contributed by atoms with Crippen LogP contribution >= 0.6 is 0 Å². The van der Waals surface area contributed by atoms with Gasteiger partial charge in [0.05, 0.1) is 32.1 Å². The molecule has 2 saturated heterocycles. The van der Waals surface area contributed by atoms with Gasteiger partial charge in [-0.1, -0.05) is 0 Å². The minimum atomic E-state index is -2.71. The number of imidazole rings is 1. The molecule has 2 aliphatic rings. The summed E-state index contributed by atoms with van der Waals surface area (Å²) in [5.74, 6) is -1.41. The first kappa shape index (κ1) is 18.0. The maximum Gasteiger partial charge on any atom is 0.282 e. The third-order valence-corrected chi connectivity index (χ3v) is 5.11. The van der Waals surface area contributed by atoms with Crippen LogP contribution in [0.3, 0.4) is 0 Å². The Balaban J connectivity index is 1.50. The minimum absolute atomic E-state index is 0.287. The van der Waals surface area contributed by atoms with Crippen LogP contribution in [0.1, 0.15) is 6.42 Å². The molecule has 1 unspecified atom stereocenters. The second kappa shape index (κ2) is 6.76. The van der Waals surface area contributed by atoms with E-state index in [0.29, 0.717) is 34.6 Å². The number of methoxy groups -OCH3 is 1. The monoisotopic (exact) mass is 402 g/mol. The lowest BCUT2D eigenvalue weighted by molar-refractivity contribution is -0.0270. The first-order valence-electron chi connectivity index (χ1n) is 9.39. The van der Waals surface area contributed by atoms with Gasteiger partial charge in [-0.3, -0.25) is 0 Å². The van der Waals surface area contributed by atoms with Gasteiger partial charge in [-0.2, -0.15) is 0 Å². The van der Waals surface area contributed by atoms with E-state index in [1.165, 1.54) is 12.0 Å². The fourth-order valence-corrected chi connectivity index (χ4v) is 3.63. The summed E-state index contributed by atoms with van der Waals surface area (Å²) in [4.78, 5) is 14.7. The van der Waals surface area contributed by atoms with Crippen molar-refractivity contribution in [3.05, 3.63) is 24.5 Å². The average Bonchev–Trinajstić information content (AvgIpc) is 3.34. The van der Waals surface area contributed by atoms with E-state index in [-0.39, 0.29) is 19.1 Å². The number of fused-ring (bicyclic) bond motifs is 1. The lowest BCUT2D eigenvalue weighted by atomic mass is 10.1. The molecule has 2 aliphatic heterocycles. The summed E-state index contributed by atoms with van der Waals surface area (Å²) in [5.41, 5.74) is 1.82. The van der Waals surface area contributed by atoms with Gasteiger partial charge in [-0.25, -0.2) is 28.2 Å². The number of rotatable bonds is 5. The number of hydrogen-bond acceptors (Lipinski definition) is 8. The molecule has 2 N–H and O–H groups in total. The maximum absolute atomic E-state index is 13.4. The van der Waals surface area contributed by atoms with Gasteiger partial charge in [0.2, 0.25) is 5.95 Å². The highest BCUT2D eigenvalue weighted by molar-refractivity contribution is 5.65. The molecule has 0 saturated carbocycles. The molecule has 3 aromatic heterocycles. The Hall–Kier alpha value is -3.08. The zero-order valence-corrected chi connectivity index (χ0v) is 15.8. The molecule has 152 valence electrons. The fourth-order valence-electron chi connectivity index (χ4n) is 3.63. The Morgan fingerprint density at radius 2 is 2.17 bits per heavy atom. The molecule has 29 heavy (non-hydrogen) atoms. The molecule has 0 aromatic carbocycles. The zero-order chi connectivity index (χ0) is 20.0. The number of halogens is 2. The first-order valence-corrected chi connectivity index (χ1v) is 9.39. The van der Waals surface area contributed by atoms with Crippen LogP contribution in [0.2, 0.25) is 0 Å². The highest BCUT2D eigenvalue weighted by atomic mass is 19.3. The van der Waals surface area contributed by atoms with Gasteiger partial charge in [-0.05, 0) is 19.0 Å². The lowest BCUT2D eigenvalue weighted by Crippen LogP contribution is -2.56. The van der Waals surface area contributed by atoms with Gasteiger partial charge in [-0.15, -0.1) is 5.10 Å². The third-order valence-electron chi connectivity index (χ3n) is 5.11. The normalized spacial score (nSPS) is 20.7. The number of anilines is 2. The van der Waals surface area contributed by atoms with Crippen LogP contribution in [-0.2, 0) is 0 Å². The Morgan fingerprint density at radius 1 is 1.31 bits per heavy atom. The van der Waals surface area contributed by atoms with Crippen molar-refractivity contribution < 1.29 is 13.5 Å². The minimum Gasteiger partial charge on any atom is -0.493 e. The van der Waals surface area contributed by atoms with E-state index in [2.05, 4.69) is 30.7 Å². The number of nitrogens with zero attached hydrogens (tertiary/aromatic N) is 6. The molecule has 3 aromatic rings. The summed E-state index contributed by atoms with van der Waals surface area (Å²) in [6.07, 6.45) is 4.33. The number of alkyl halides is 2. The molecular formula is C18H20F2N8O. The van der Waals surface area contributed by atoms with Crippen molar-refractivity contribution in [2.45, 2.75) is 18.4 Å². The molecule has 0 radical (unpaired) electrons. The van der Waals surface area contributed by atoms with Crippen LogP contribution in [0.5, 0.6) is 5.75 Å².